The molecule has 0 saturated heterocycles. The second kappa shape index (κ2) is 4.87. The highest BCUT2D eigenvalue weighted by atomic mass is 35.5. The highest BCUT2D eigenvalue weighted by Gasteiger charge is 2.15. The molecule has 94 valence electrons. The summed E-state index contributed by atoms with van der Waals surface area (Å²) in [6.07, 6.45) is 1.12. The number of rotatable bonds is 3. The van der Waals surface area contributed by atoms with E-state index in [4.69, 9.17) is 11.6 Å². The first-order valence-corrected chi connectivity index (χ1v) is 6.59. The van der Waals surface area contributed by atoms with E-state index >= 15 is 0 Å². The number of benzene rings is 1. The summed E-state index contributed by atoms with van der Waals surface area (Å²) in [5.74, 6) is -0.627. The van der Waals surface area contributed by atoms with Gasteiger partial charge in [-0.05, 0) is 18.2 Å². The maximum Gasteiger partial charge on any atom is 0.263 e. The van der Waals surface area contributed by atoms with Crippen LogP contribution >= 0.6 is 11.6 Å². The highest BCUT2D eigenvalue weighted by molar-refractivity contribution is 7.92. The van der Waals surface area contributed by atoms with Gasteiger partial charge in [0.15, 0.2) is 0 Å². The zero-order valence-electron chi connectivity index (χ0n) is 8.84. The fraction of sp³-hybridized carbons (Fsp3) is 0. The predicted molar refractivity (Wildman–Crippen MR) is 64.3 cm³/mol. The van der Waals surface area contributed by atoms with Gasteiger partial charge in [0.1, 0.15) is 23.1 Å². The Morgan fingerprint density at radius 2 is 2.00 bits per heavy atom. The lowest BCUT2D eigenvalue weighted by Crippen LogP contribution is -2.14. The first-order chi connectivity index (χ1) is 8.47. The molecule has 0 fully saturated rings. The van der Waals surface area contributed by atoms with Gasteiger partial charge in [-0.15, -0.1) is 0 Å². The molecule has 0 spiro atoms. The van der Waals surface area contributed by atoms with E-state index in [1.165, 1.54) is 18.2 Å². The molecule has 0 aliphatic rings. The maximum absolute atomic E-state index is 13.0. The number of hydrogen-bond acceptors (Lipinski definition) is 4. The monoisotopic (exact) mass is 287 g/mol. The third-order valence-corrected chi connectivity index (χ3v) is 3.54. The molecule has 0 saturated carbocycles. The van der Waals surface area contributed by atoms with Gasteiger partial charge in [-0.1, -0.05) is 17.7 Å². The Balaban J connectivity index is 2.33. The molecule has 0 aliphatic heterocycles. The molecule has 1 N–H and O–H groups in total. The molecule has 5 nitrogen and oxygen atoms in total. The van der Waals surface area contributed by atoms with E-state index in [-0.39, 0.29) is 15.9 Å². The van der Waals surface area contributed by atoms with Crippen molar-refractivity contribution in [2.45, 2.75) is 4.90 Å². The average molecular weight is 288 g/mol. The fourth-order valence-corrected chi connectivity index (χ4v) is 2.40. The lowest BCUT2D eigenvalue weighted by atomic mass is 10.4. The Hall–Kier alpha value is -1.73. The molecule has 8 heteroatoms. The summed E-state index contributed by atoms with van der Waals surface area (Å²) in [5.41, 5.74) is 0. The molecule has 0 radical (unpaired) electrons. The standard InChI is InChI=1S/C10H7ClFN3O2S/c11-9-5-10(14-6-13-9)15-18(16,17)8-3-1-2-7(12)4-8/h1-6H,(H,13,14,15). The van der Waals surface area contributed by atoms with Crippen LogP contribution in [0.5, 0.6) is 0 Å². The minimum Gasteiger partial charge on any atom is -0.263 e. The van der Waals surface area contributed by atoms with Crippen molar-refractivity contribution in [2.75, 3.05) is 4.72 Å². The van der Waals surface area contributed by atoms with E-state index < -0.39 is 15.8 Å². The van der Waals surface area contributed by atoms with Crippen LogP contribution in [0, 0.1) is 5.82 Å². The molecule has 0 amide bonds. The van der Waals surface area contributed by atoms with Crippen LogP contribution in [-0.2, 0) is 10.0 Å². The summed E-state index contributed by atoms with van der Waals surface area (Å²) >= 11 is 5.60. The lowest BCUT2D eigenvalue weighted by Gasteiger charge is -2.06. The van der Waals surface area contributed by atoms with E-state index in [0.717, 1.165) is 18.5 Å². The molecule has 1 heterocycles. The lowest BCUT2D eigenvalue weighted by molar-refractivity contribution is 0.595. The third kappa shape index (κ3) is 2.93. The molecule has 1 aromatic carbocycles. The highest BCUT2D eigenvalue weighted by Crippen LogP contribution is 2.16. The van der Waals surface area contributed by atoms with Gasteiger partial charge in [0, 0.05) is 6.07 Å². The van der Waals surface area contributed by atoms with Gasteiger partial charge in [-0.2, -0.15) is 0 Å². The Kier molecular flexibility index (Phi) is 3.44. The third-order valence-electron chi connectivity index (χ3n) is 1.98. The van der Waals surface area contributed by atoms with E-state index in [0.29, 0.717) is 0 Å². The summed E-state index contributed by atoms with van der Waals surface area (Å²) < 4.78 is 38.9. The van der Waals surface area contributed by atoms with Crippen molar-refractivity contribution in [2.24, 2.45) is 0 Å². The van der Waals surface area contributed by atoms with Crippen LogP contribution in [0.4, 0.5) is 10.2 Å². The molecule has 18 heavy (non-hydrogen) atoms. The summed E-state index contributed by atoms with van der Waals surface area (Å²) in [7, 11) is -3.89. The summed E-state index contributed by atoms with van der Waals surface area (Å²) in [4.78, 5) is 7.11. The first-order valence-electron chi connectivity index (χ1n) is 4.73. The van der Waals surface area contributed by atoms with Crippen molar-refractivity contribution < 1.29 is 12.8 Å². The van der Waals surface area contributed by atoms with Gasteiger partial charge >= 0.3 is 0 Å². The number of anilines is 1. The van der Waals surface area contributed by atoms with Crippen LogP contribution in [0.25, 0.3) is 0 Å². The maximum atomic E-state index is 13.0. The number of nitrogens with zero attached hydrogens (tertiary/aromatic N) is 2. The number of sulfonamides is 1. The summed E-state index contributed by atoms with van der Waals surface area (Å²) in [6.45, 7) is 0. The van der Waals surface area contributed by atoms with Crippen molar-refractivity contribution in [1.82, 2.24) is 9.97 Å². The predicted octanol–water partition coefficient (Wildman–Crippen LogP) is 2.07. The Bertz CT molecular complexity index is 678. The van der Waals surface area contributed by atoms with Crippen molar-refractivity contribution >= 4 is 27.4 Å². The van der Waals surface area contributed by atoms with Crippen LogP contribution in [0.15, 0.2) is 41.6 Å². The normalized spacial score (nSPS) is 11.2. The molecule has 0 aliphatic carbocycles. The van der Waals surface area contributed by atoms with Crippen molar-refractivity contribution in [3.05, 3.63) is 47.6 Å². The fourth-order valence-electron chi connectivity index (χ4n) is 1.22. The molecule has 0 atom stereocenters. The zero-order valence-corrected chi connectivity index (χ0v) is 10.4. The number of nitrogens with one attached hydrogen (secondary N) is 1. The Morgan fingerprint density at radius 1 is 1.22 bits per heavy atom. The van der Waals surface area contributed by atoms with Crippen molar-refractivity contribution in [1.29, 1.82) is 0 Å². The van der Waals surface area contributed by atoms with E-state index in [2.05, 4.69) is 14.7 Å². The van der Waals surface area contributed by atoms with Crippen LogP contribution in [0.3, 0.4) is 0 Å². The zero-order chi connectivity index (χ0) is 13.2. The van der Waals surface area contributed by atoms with E-state index in [1.807, 2.05) is 0 Å². The van der Waals surface area contributed by atoms with Gasteiger partial charge in [0.05, 0.1) is 4.90 Å². The smallest absolute Gasteiger partial charge is 0.263 e. The van der Waals surface area contributed by atoms with Crippen LogP contribution in [-0.4, -0.2) is 18.4 Å². The largest absolute Gasteiger partial charge is 0.263 e. The van der Waals surface area contributed by atoms with E-state index in [9.17, 15) is 12.8 Å². The van der Waals surface area contributed by atoms with Crippen LogP contribution in [0.2, 0.25) is 5.15 Å². The van der Waals surface area contributed by atoms with E-state index in [1.54, 1.807) is 0 Å². The number of halogens is 2. The molecule has 0 bridgehead atoms. The second-order valence-corrected chi connectivity index (χ2v) is 5.36. The summed E-state index contributed by atoms with van der Waals surface area (Å²) in [5, 5.41) is 0.0990. The van der Waals surface area contributed by atoms with Crippen molar-refractivity contribution in [3.63, 3.8) is 0 Å². The van der Waals surface area contributed by atoms with Gasteiger partial charge in [-0.3, -0.25) is 4.72 Å². The van der Waals surface area contributed by atoms with Gasteiger partial charge in [0.25, 0.3) is 10.0 Å². The molecular formula is C10H7ClFN3O2S. The average Bonchev–Trinajstić information content (AvgIpc) is 2.28. The molecule has 2 rings (SSSR count). The molecule has 0 unspecified atom stereocenters. The van der Waals surface area contributed by atoms with Crippen LogP contribution < -0.4 is 4.72 Å². The topological polar surface area (TPSA) is 72.0 Å². The van der Waals surface area contributed by atoms with Gasteiger partial charge in [-0.25, -0.2) is 22.8 Å². The first kappa shape index (κ1) is 12.7. The minimum atomic E-state index is -3.89. The van der Waals surface area contributed by atoms with Gasteiger partial charge in [0.2, 0.25) is 0 Å². The molecule has 1 aromatic heterocycles. The minimum absolute atomic E-state index is 0.0132. The number of aromatic nitrogens is 2. The van der Waals surface area contributed by atoms with Gasteiger partial charge < -0.3 is 0 Å². The Labute approximate surface area is 108 Å². The SMILES string of the molecule is O=S(=O)(Nc1cc(Cl)ncn1)c1cccc(F)c1. The van der Waals surface area contributed by atoms with Crippen molar-refractivity contribution in [3.8, 4) is 0 Å². The second-order valence-electron chi connectivity index (χ2n) is 3.29. The van der Waals surface area contributed by atoms with Crippen LogP contribution in [0.1, 0.15) is 0 Å². The molecule has 2 aromatic rings. The summed E-state index contributed by atoms with van der Waals surface area (Å²) in [6, 6.07) is 5.88. The molecular weight excluding hydrogens is 281 g/mol. The quantitative estimate of drug-likeness (QED) is 0.877. The number of hydrogen-bond donors (Lipinski definition) is 1. The Morgan fingerprint density at radius 3 is 2.67 bits per heavy atom.